The van der Waals surface area contributed by atoms with Crippen molar-refractivity contribution in [1.82, 2.24) is 39.2 Å². The molecule has 1 aliphatic rings. The van der Waals surface area contributed by atoms with Crippen LogP contribution in [0.3, 0.4) is 0 Å². The van der Waals surface area contributed by atoms with Crippen LogP contribution >= 0.6 is 0 Å². The first kappa shape index (κ1) is 22.0. The topological polar surface area (TPSA) is 104 Å². The number of nitrogens with zero attached hydrogens (tertiary/aromatic N) is 8. The van der Waals surface area contributed by atoms with E-state index in [4.69, 9.17) is 0 Å². The number of carbonyl (C=O) groups is 2. The molecule has 0 unspecified atom stereocenters. The lowest BCUT2D eigenvalue weighted by molar-refractivity contribution is -0.132. The van der Waals surface area contributed by atoms with Crippen LogP contribution in [0.5, 0.6) is 0 Å². The molecule has 10 nitrogen and oxygen atoms in total. The number of benzene rings is 1. The first-order valence-corrected chi connectivity index (χ1v) is 11.7. The van der Waals surface area contributed by atoms with Gasteiger partial charge in [-0.1, -0.05) is 18.2 Å². The Balaban J connectivity index is 1.24. The zero-order chi connectivity index (χ0) is 23.8. The normalized spacial score (nSPS) is 13.4. The molecular weight excluding hydrogens is 432 g/mol. The second-order valence-corrected chi connectivity index (χ2v) is 8.66. The summed E-state index contributed by atoms with van der Waals surface area (Å²) in [5.41, 5.74) is 4.57. The lowest BCUT2D eigenvalue weighted by Crippen LogP contribution is -2.36. The minimum absolute atomic E-state index is 0.0479. The summed E-state index contributed by atoms with van der Waals surface area (Å²) in [5.74, 6) is 0.680. The smallest absolute Gasteiger partial charge is 0.247 e. The molecule has 4 heterocycles. The fourth-order valence-corrected chi connectivity index (χ4v) is 4.72. The van der Waals surface area contributed by atoms with E-state index in [0.29, 0.717) is 25.9 Å². The van der Waals surface area contributed by atoms with E-state index >= 15 is 0 Å². The largest absolute Gasteiger partial charge is 0.338 e. The van der Waals surface area contributed by atoms with Crippen LogP contribution in [0.25, 0.3) is 22.4 Å². The Morgan fingerprint density at radius 2 is 1.88 bits per heavy atom. The quantitative estimate of drug-likeness (QED) is 0.438. The number of hydrogen-bond donors (Lipinski definition) is 0. The summed E-state index contributed by atoms with van der Waals surface area (Å²) in [7, 11) is 1.93. The van der Waals surface area contributed by atoms with E-state index in [0.717, 1.165) is 52.3 Å². The van der Waals surface area contributed by atoms with E-state index in [2.05, 4.69) is 20.4 Å². The number of amides is 1. The second-order valence-electron chi connectivity index (χ2n) is 8.66. The van der Waals surface area contributed by atoms with Gasteiger partial charge in [0.15, 0.2) is 5.82 Å². The number of para-hydroxylation sites is 1. The van der Waals surface area contributed by atoms with Crippen molar-refractivity contribution in [2.75, 3.05) is 6.54 Å². The standard InChI is InChI=1S/C24H28N8O2/c1-4-30-15-25-26-24(30)23-18-14-31(13-12-19(18)29(3)28-23)21(33)10-7-11-22(34)32-20-9-6-5-8-17(20)16(2)27-32/h5-6,8-9,15H,4,7,10-14H2,1-3H3. The molecule has 0 fully saturated rings. The van der Waals surface area contributed by atoms with Crippen molar-refractivity contribution in [1.29, 1.82) is 0 Å². The van der Waals surface area contributed by atoms with Gasteiger partial charge in [0.05, 0.1) is 11.2 Å². The van der Waals surface area contributed by atoms with Crippen LogP contribution in [0.15, 0.2) is 30.6 Å². The lowest BCUT2D eigenvalue weighted by Gasteiger charge is -2.27. The van der Waals surface area contributed by atoms with Crippen LogP contribution in [0.2, 0.25) is 0 Å². The summed E-state index contributed by atoms with van der Waals surface area (Å²) < 4.78 is 5.31. The molecule has 0 spiro atoms. The van der Waals surface area contributed by atoms with Crippen molar-refractivity contribution >= 4 is 22.7 Å². The van der Waals surface area contributed by atoms with Crippen molar-refractivity contribution in [2.45, 2.75) is 52.6 Å². The van der Waals surface area contributed by atoms with E-state index in [1.165, 1.54) is 4.68 Å². The molecule has 0 bridgehead atoms. The van der Waals surface area contributed by atoms with Gasteiger partial charge < -0.3 is 9.47 Å². The zero-order valence-electron chi connectivity index (χ0n) is 19.7. The molecular formula is C24H28N8O2. The summed E-state index contributed by atoms with van der Waals surface area (Å²) in [5, 5.41) is 18.3. The predicted octanol–water partition coefficient (Wildman–Crippen LogP) is 2.75. The molecule has 0 atom stereocenters. The minimum Gasteiger partial charge on any atom is -0.338 e. The highest BCUT2D eigenvalue weighted by Crippen LogP contribution is 2.29. The van der Waals surface area contributed by atoms with Crippen LogP contribution in [0.1, 0.15) is 47.9 Å². The van der Waals surface area contributed by atoms with Crippen LogP contribution in [0, 0.1) is 6.92 Å². The molecule has 176 valence electrons. The van der Waals surface area contributed by atoms with E-state index in [1.54, 1.807) is 6.33 Å². The van der Waals surface area contributed by atoms with Gasteiger partial charge >= 0.3 is 0 Å². The summed E-state index contributed by atoms with van der Waals surface area (Å²) in [6, 6.07) is 7.70. The maximum absolute atomic E-state index is 13.0. The first-order valence-electron chi connectivity index (χ1n) is 11.7. The molecule has 3 aromatic heterocycles. The molecule has 0 N–H and O–H groups in total. The SMILES string of the molecule is CCn1cnnc1-c1nn(C)c2c1CN(C(=O)CCCC(=O)n1nc(C)c3ccccc31)CC2. The zero-order valence-corrected chi connectivity index (χ0v) is 19.7. The molecule has 10 heteroatoms. The number of carbonyl (C=O) groups excluding carboxylic acids is 2. The van der Waals surface area contributed by atoms with Crippen LogP contribution < -0.4 is 0 Å². The van der Waals surface area contributed by atoms with Crippen molar-refractivity contribution in [3.8, 4) is 11.5 Å². The highest BCUT2D eigenvalue weighted by molar-refractivity contribution is 5.92. The van der Waals surface area contributed by atoms with Crippen molar-refractivity contribution in [3.63, 3.8) is 0 Å². The van der Waals surface area contributed by atoms with Crippen LogP contribution in [0.4, 0.5) is 0 Å². The van der Waals surface area contributed by atoms with Crippen molar-refractivity contribution < 1.29 is 9.59 Å². The summed E-state index contributed by atoms with van der Waals surface area (Å²) in [6.45, 7) is 5.81. The fraction of sp³-hybridized carbons (Fsp3) is 0.417. The number of aryl methyl sites for hydroxylation is 3. The number of fused-ring (bicyclic) bond motifs is 2. The fourth-order valence-electron chi connectivity index (χ4n) is 4.72. The molecule has 1 aromatic carbocycles. The molecule has 0 saturated carbocycles. The highest BCUT2D eigenvalue weighted by atomic mass is 16.2. The molecule has 0 aliphatic carbocycles. The van der Waals surface area contributed by atoms with Gasteiger partial charge in [-0.25, -0.2) is 0 Å². The van der Waals surface area contributed by atoms with Crippen molar-refractivity contribution in [2.24, 2.45) is 7.05 Å². The molecule has 0 radical (unpaired) electrons. The van der Waals surface area contributed by atoms with E-state index in [9.17, 15) is 9.59 Å². The minimum atomic E-state index is -0.0912. The highest BCUT2D eigenvalue weighted by Gasteiger charge is 2.29. The third-order valence-electron chi connectivity index (χ3n) is 6.55. The first-order chi connectivity index (χ1) is 16.5. The van der Waals surface area contributed by atoms with E-state index in [-0.39, 0.29) is 18.2 Å². The second kappa shape index (κ2) is 8.85. The molecule has 5 rings (SSSR count). The van der Waals surface area contributed by atoms with Crippen molar-refractivity contribution in [3.05, 3.63) is 47.5 Å². The Bertz CT molecular complexity index is 1380. The monoisotopic (exact) mass is 460 g/mol. The Hall–Kier alpha value is -3.82. The Morgan fingerprint density at radius 3 is 2.71 bits per heavy atom. The van der Waals surface area contributed by atoms with E-state index in [1.807, 2.05) is 59.3 Å². The van der Waals surface area contributed by atoms with Gasteiger partial charge in [-0.05, 0) is 26.3 Å². The van der Waals surface area contributed by atoms with Gasteiger partial charge in [0, 0.05) is 62.6 Å². The third-order valence-corrected chi connectivity index (χ3v) is 6.55. The molecule has 1 amide bonds. The Morgan fingerprint density at radius 1 is 1.09 bits per heavy atom. The summed E-state index contributed by atoms with van der Waals surface area (Å²) in [6.07, 6.45) is 3.51. The van der Waals surface area contributed by atoms with Crippen LogP contribution in [-0.2, 0) is 31.4 Å². The summed E-state index contributed by atoms with van der Waals surface area (Å²) >= 11 is 0. The molecule has 0 saturated heterocycles. The third kappa shape index (κ3) is 3.78. The Kier molecular flexibility index (Phi) is 5.72. The van der Waals surface area contributed by atoms with Gasteiger partial charge in [-0.2, -0.15) is 14.9 Å². The van der Waals surface area contributed by atoms with Gasteiger partial charge in [0.1, 0.15) is 12.0 Å². The van der Waals surface area contributed by atoms with Gasteiger partial charge in [0.25, 0.3) is 0 Å². The molecule has 1 aliphatic heterocycles. The number of rotatable bonds is 6. The number of hydrogen-bond acceptors (Lipinski definition) is 6. The Labute approximate surface area is 197 Å². The van der Waals surface area contributed by atoms with Gasteiger partial charge in [0.2, 0.25) is 11.8 Å². The summed E-state index contributed by atoms with van der Waals surface area (Å²) in [4.78, 5) is 27.6. The number of aromatic nitrogens is 7. The maximum Gasteiger partial charge on any atom is 0.247 e. The lowest BCUT2D eigenvalue weighted by atomic mass is 10.0. The van der Waals surface area contributed by atoms with Gasteiger partial charge in [-0.3, -0.25) is 14.3 Å². The predicted molar refractivity (Wildman–Crippen MR) is 126 cm³/mol. The molecule has 4 aromatic rings. The average molecular weight is 461 g/mol. The maximum atomic E-state index is 13.0. The van der Waals surface area contributed by atoms with Crippen LogP contribution in [-0.4, -0.2) is 57.6 Å². The molecule has 34 heavy (non-hydrogen) atoms. The van der Waals surface area contributed by atoms with E-state index < -0.39 is 0 Å². The van der Waals surface area contributed by atoms with Gasteiger partial charge in [-0.15, -0.1) is 10.2 Å². The average Bonchev–Trinajstić information content (AvgIpc) is 3.54.